The normalized spacial score (nSPS) is 26.8. The van der Waals surface area contributed by atoms with Gasteiger partial charge in [0.05, 0.1) is 11.8 Å². The number of carbonyl (C=O) groups is 2. The van der Waals surface area contributed by atoms with E-state index in [1.54, 1.807) is 7.05 Å². The highest BCUT2D eigenvalue weighted by Crippen LogP contribution is 2.52. The minimum atomic E-state index is -0.122. The van der Waals surface area contributed by atoms with Crippen molar-refractivity contribution >= 4 is 41.8 Å². The van der Waals surface area contributed by atoms with Crippen LogP contribution in [0.3, 0.4) is 0 Å². The van der Waals surface area contributed by atoms with Crippen molar-refractivity contribution in [3.05, 3.63) is 48.0 Å². The average molecular weight is 536 g/mol. The third-order valence-electron chi connectivity index (χ3n) is 6.67. The van der Waals surface area contributed by atoms with Crippen molar-refractivity contribution in [2.24, 2.45) is 34.1 Å². The van der Waals surface area contributed by atoms with Crippen LogP contribution in [0.5, 0.6) is 0 Å². The summed E-state index contributed by atoms with van der Waals surface area (Å²) in [7, 11) is 1.74. The molecule has 2 N–H and O–H groups in total. The average Bonchev–Trinajstić information content (AvgIpc) is 3.40. The monoisotopic (exact) mass is 536 g/mol. The molecular weight excluding hydrogens is 503 g/mol. The molecule has 2 amide bonds. The number of nitrogens with zero attached hydrogens (tertiary/aromatic N) is 2. The summed E-state index contributed by atoms with van der Waals surface area (Å²) in [6.45, 7) is 6.10. The van der Waals surface area contributed by atoms with Crippen LogP contribution in [0.2, 0.25) is 0 Å². The number of imide groups is 1. The molecule has 4 rings (SSSR count). The number of carbonyl (C=O) groups excluding carboxylic acids is 2. The summed E-state index contributed by atoms with van der Waals surface area (Å²) in [5.41, 5.74) is 1.37. The van der Waals surface area contributed by atoms with Gasteiger partial charge >= 0.3 is 0 Å². The maximum absolute atomic E-state index is 12.8. The Morgan fingerprint density at radius 1 is 1.06 bits per heavy atom. The molecule has 1 aromatic rings. The van der Waals surface area contributed by atoms with Crippen molar-refractivity contribution < 1.29 is 9.59 Å². The van der Waals surface area contributed by atoms with Crippen molar-refractivity contribution in [2.75, 3.05) is 26.7 Å². The van der Waals surface area contributed by atoms with Crippen molar-refractivity contribution in [3.63, 3.8) is 0 Å². The van der Waals surface area contributed by atoms with Gasteiger partial charge in [-0.25, -0.2) is 0 Å². The zero-order valence-electron chi connectivity index (χ0n) is 18.5. The lowest BCUT2D eigenvalue weighted by Gasteiger charge is -2.26. The standard InChI is InChI=1S/C24H32N4O2.HI/c1-24(2,14-16-7-5-4-6-8-16)15-27-23(25-3)26-11-12-28-21(29)19-17-9-10-18(13-17)20(19)22(28)30;/h4-10,17-20H,11-15H2,1-3H3,(H2,25,26,27);1H. The SMILES string of the molecule is CN=C(NCCN1C(=O)C2C3C=CC(C3)C2C1=O)NCC(C)(C)Cc1ccccc1.I. The predicted molar refractivity (Wildman–Crippen MR) is 133 cm³/mol. The highest BCUT2D eigenvalue weighted by Gasteiger charge is 2.58. The van der Waals surface area contributed by atoms with Crippen LogP contribution >= 0.6 is 24.0 Å². The first-order chi connectivity index (χ1) is 14.4. The summed E-state index contributed by atoms with van der Waals surface area (Å²) in [5.74, 6) is 0.988. The van der Waals surface area contributed by atoms with Crippen LogP contribution in [0.15, 0.2) is 47.5 Å². The number of guanidine groups is 1. The van der Waals surface area contributed by atoms with Gasteiger partial charge in [-0.1, -0.05) is 56.3 Å². The molecule has 2 bridgehead atoms. The van der Waals surface area contributed by atoms with E-state index in [4.69, 9.17) is 0 Å². The highest BCUT2D eigenvalue weighted by molar-refractivity contribution is 14.0. The smallest absolute Gasteiger partial charge is 0.233 e. The number of amides is 2. The molecule has 7 heteroatoms. The minimum Gasteiger partial charge on any atom is -0.356 e. The molecule has 1 saturated heterocycles. The van der Waals surface area contributed by atoms with Crippen molar-refractivity contribution in [1.82, 2.24) is 15.5 Å². The van der Waals surface area contributed by atoms with Crippen LogP contribution in [0.4, 0.5) is 0 Å². The van der Waals surface area contributed by atoms with Gasteiger partial charge in [0.15, 0.2) is 5.96 Å². The Morgan fingerprint density at radius 2 is 1.68 bits per heavy atom. The second kappa shape index (κ2) is 9.71. The van der Waals surface area contributed by atoms with Crippen LogP contribution in [0, 0.1) is 29.1 Å². The Labute approximate surface area is 202 Å². The molecule has 3 aliphatic rings. The molecule has 0 aromatic heterocycles. The number of allylic oxidation sites excluding steroid dienone is 2. The molecule has 168 valence electrons. The van der Waals surface area contributed by atoms with Gasteiger partial charge in [-0.05, 0) is 35.7 Å². The summed E-state index contributed by atoms with van der Waals surface area (Å²) in [6, 6.07) is 10.5. The number of nitrogens with one attached hydrogen (secondary N) is 2. The number of halogens is 1. The van der Waals surface area contributed by atoms with Gasteiger partial charge in [0, 0.05) is 26.7 Å². The molecule has 1 aliphatic heterocycles. The molecule has 1 heterocycles. The molecule has 2 fully saturated rings. The Hall–Kier alpha value is -1.90. The molecule has 0 radical (unpaired) electrons. The number of rotatable bonds is 7. The first-order valence-corrected chi connectivity index (χ1v) is 10.9. The lowest BCUT2D eigenvalue weighted by molar-refractivity contribution is -0.140. The topological polar surface area (TPSA) is 73.8 Å². The van der Waals surface area contributed by atoms with Gasteiger partial charge in [0.2, 0.25) is 11.8 Å². The minimum absolute atomic E-state index is 0. The molecule has 6 nitrogen and oxygen atoms in total. The summed E-state index contributed by atoms with van der Waals surface area (Å²) >= 11 is 0. The summed E-state index contributed by atoms with van der Waals surface area (Å²) < 4.78 is 0. The predicted octanol–water partition coefficient (Wildman–Crippen LogP) is 2.85. The molecule has 4 atom stereocenters. The number of fused-ring (bicyclic) bond motifs is 5. The number of aliphatic imine (C=N–C) groups is 1. The lowest BCUT2D eigenvalue weighted by Crippen LogP contribution is -2.46. The van der Waals surface area contributed by atoms with Gasteiger partial charge in [0.25, 0.3) is 0 Å². The Bertz CT molecular complexity index is 838. The van der Waals surface area contributed by atoms with Crippen LogP contribution < -0.4 is 10.6 Å². The largest absolute Gasteiger partial charge is 0.356 e. The highest BCUT2D eigenvalue weighted by atomic mass is 127. The molecule has 4 unspecified atom stereocenters. The number of hydrogen-bond donors (Lipinski definition) is 2. The molecule has 0 spiro atoms. The van der Waals surface area contributed by atoms with E-state index in [0.29, 0.717) is 19.0 Å². The van der Waals surface area contributed by atoms with E-state index in [1.165, 1.54) is 10.5 Å². The number of hydrogen-bond acceptors (Lipinski definition) is 3. The first kappa shape index (κ1) is 23.8. The fourth-order valence-corrected chi connectivity index (χ4v) is 5.23. The van der Waals surface area contributed by atoms with Gasteiger partial charge in [0.1, 0.15) is 0 Å². The molecule has 1 saturated carbocycles. The Kier molecular flexibility index (Phi) is 7.44. The van der Waals surface area contributed by atoms with Gasteiger partial charge in [-0.3, -0.25) is 19.5 Å². The molecule has 1 aromatic carbocycles. The summed E-state index contributed by atoms with van der Waals surface area (Å²) in [4.78, 5) is 31.3. The molecular formula is C24H33IN4O2. The van der Waals surface area contributed by atoms with Crippen molar-refractivity contribution in [3.8, 4) is 0 Å². The zero-order valence-corrected chi connectivity index (χ0v) is 20.8. The molecule has 31 heavy (non-hydrogen) atoms. The summed E-state index contributed by atoms with van der Waals surface area (Å²) in [5, 5.41) is 6.64. The number of benzene rings is 1. The van der Waals surface area contributed by atoms with Crippen LogP contribution in [-0.4, -0.2) is 49.4 Å². The van der Waals surface area contributed by atoms with Crippen molar-refractivity contribution in [2.45, 2.75) is 26.7 Å². The maximum atomic E-state index is 12.8. The van der Waals surface area contributed by atoms with E-state index < -0.39 is 0 Å². The van der Waals surface area contributed by atoms with E-state index >= 15 is 0 Å². The lowest BCUT2D eigenvalue weighted by atomic mass is 9.85. The van der Waals surface area contributed by atoms with Gasteiger partial charge in [-0.2, -0.15) is 0 Å². The van der Waals surface area contributed by atoms with E-state index in [-0.39, 0.29) is 64.9 Å². The fourth-order valence-electron chi connectivity index (χ4n) is 5.23. The fraction of sp³-hybridized carbons (Fsp3) is 0.542. The van der Waals surface area contributed by atoms with Crippen molar-refractivity contribution in [1.29, 1.82) is 0 Å². The van der Waals surface area contributed by atoms with E-state index in [9.17, 15) is 9.59 Å². The first-order valence-electron chi connectivity index (χ1n) is 10.9. The Balaban J connectivity index is 0.00000272. The third-order valence-corrected chi connectivity index (χ3v) is 6.67. The third kappa shape index (κ3) is 4.96. The maximum Gasteiger partial charge on any atom is 0.233 e. The van der Waals surface area contributed by atoms with Crippen LogP contribution in [0.25, 0.3) is 0 Å². The van der Waals surface area contributed by atoms with E-state index in [2.05, 4.69) is 65.9 Å². The van der Waals surface area contributed by atoms with Gasteiger partial charge < -0.3 is 10.6 Å². The Morgan fingerprint density at radius 3 is 2.26 bits per heavy atom. The number of likely N-dealkylation sites (tertiary alicyclic amines) is 1. The van der Waals surface area contributed by atoms with Gasteiger partial charge in [-0.15, -0.1) is 24.0 Å². The van der Waals surface area contributed by atoms with E-state index in [0.717, 1.165) is 19.4 Å². The van der Waals surface area contributed by atoms with E-state index in [1.807, 2.05) is 6.07 Å². The van der Waals surface area contributed by atoms with Crippen LogP contribution in [-0.2, 0) is 16.0 Å². The quantitative estimate of drug-likeness (QED) is 0.185. The zero-order chi connectivity index (χ0) is 21.3. The summed E-state index contributed by atoms with van der Waals surface area (Å²) in [6.07, 6.45) is 6.19. The second-order valence-corrected chi connectivity index (χ2v) is 9.51. The second-order valence-electron chi connectivity index (χ2n) is 9.51. The molecule has 2 aliphatic carbocycles. The van der Waals surface area contributed by atoms with Crippen LogP contribution in [0.1, 0.15) is 25.8 Å².